The normalized spacial score (nSPS) is 10.4. The third-order valence-corrected chi connectivity index (χ3v) is 4.27. The quantitative estimate of drug-likeness (QED) is 0.454. The van der Waals surface area contributed by atoms with Crippen molar-refractivity contribution in [1.82, 2.24) is 15.1 Å². The molecule has 0 aliphatic rings. The zero-order chi connectivity index (χ0) is 20.8. The minimum Gasteiger partial charge on any atom is -0.467 e. The molecular weight excluding hydrogens is 382 g/mol. The highest BCUT2D eigenvalue weighted by molar-refractivity contribution is 6.04. The van der Waals surface area contributed by atoms with Gasteiger partial charge in [0.25, 0.3) is 5.91 Å². The van der Waals surface area contributed by atoms with E-state index in [2.05, 4.69) is 21.0 Å². The lowest BCUT2D eigenvalue weighted by atomic mass is 10.2. The number of anilines is 2. The van der Waals surface area contributed by atoms with E-state index >= 15 is 0 Å². The van der Waals surface area contributed by atoms with E-state index in [1.165, 1.54) is 6.20 Å². The molecule has 0 aliphatic carbocycles. The largest absolute Gasteiger partial charge is 0.467 e. The number of para-hydroxylation sites is 1. The Kier molecular flexibility index (Phi) is 5.56. The van der Waals surface area contributed by atoms with Crippen LogP contribution in [0.5, 0.6) is 0 Å². The van der Waals surface area contributed by atoms with Crippen molar-refractivity contribution in [1.29, 1.82) is 0 Å². The molecule has 0 unspecified atom stereocenters. The van der Waals surface area contributed by atoms with Crippen LogP contribution in [0.1, 0.15) is 16.1 Å². The highest BCUT2D eigenvalue weighted by Gasteiger charge is 2.10. The van der Waals surface area contributed by atoms with Crippen molar-refractivity contribution in [3.8, 4) is 5.69 Å². The molecule has 2 aromatic carbocycles. The number of amides is 3. The van der Waals surface area contributed by atoms with E-state index in [1.807, 2.05) is 30.3 Å². The van der Waals surface area contributed by atoms with Crippen LogP contribution in [-0.2, 0) is 6.54 Å². The maximum Gasteiger partial charge on any atom is 0.319 e. The molecule has 0 fully saturated rings. The fourth-order valence-electron chi connectivity index (χ4n) is 2.76. The number of benzene rings is 2. The van der Waals surface area contributed by atoms with E-state index in [-0.39, 0.29) is 11.9 Å². The molecule has 8 nitrogen and oxygen atoms in total. The van der Waals surface area contributed by atoms with E-state index in [0.29, 0.717) is 29.2 Å². The fraction of sp³-hybridized carbons (Fsp3) is 0.0455. The van der Waals surface area contributed by atoms with Gasteiger partial charge >= 0.3 is 6.03 Å². The summed E-state index contributed by atoms with van der Waals surface area (Å²) in [5, 5.41) is 12.5. The van der Waals surface area contributed by atoms with Crippen LogP contribution in [-0.4, -0.2) is 21.7 Å². The Labute approximate surface area is 172 Å². The topological polar surface area (TPSA) is 101 Å². The fourth-order valence-corrected chi connectivity index (χ4v) is 2.76. The zero-order valence-corrected chi connectivity index (χ0v) is 15.9. The van der Waals surface area contributed by atoms with Crippen LogP contribution < -0.4 is 16.0 Å². The third-order valence-electron chi connectivity index (χ3n) is 4.27. The van der Waals surface area contributed by atoms with Crippen LogP contribution in [0.3, 0.4) is 0 Å². The Morgan fingerprint density at radius 1 is 0.900 bits per heavy atom. The van der Waals surface area contributed by atoms with Gasteiger partial charge in [-0.15, -0.1) is 0 Å². The van der Waals surface area contributed by atoms with Gasteiger partial charge in [0.05, 0.1) is 30.3 Å². The van der Waals surface area contributed by atoms with Gasteiger partial charge in [-0.05, 0) is 48.5 Å². The van der Waals surface area contributed by atoms with E-state index < -0.39 is 0 Å². The van der Waals surface area contributed by atoms with E-state index in [0.717, 1.165) is 5.69 Å². The van der Waals surface area contributed by atoms with Crippen LogP contribution in [0.2, 0.25) is 0 Å². The highest BCUT2D eigenvalue weighted by Crippen LogP contribution is 2.15. The lowest BCUT2D eigenvalue weighted by Crippen LogP contribution is -2.27. The Balaban J connectivity index is 1.31. The maximum absolute atomic E-state index is 12.5. The first-order valence-corrected chi connectivity index (χ1v) is 9.26. The van der Waals surface area contributed by atoms with Crippen LogP contribution in [0.25, 0.3) is 5.69 Å². The maximum atomic E-state index is 12.5. The third kappa shape index (κ3) is 4.74. The molecule has 4 aromatic rings. The van der Waals surface area contributed by atoms with Crippen molar-refractivity contribution >= 4 is 23.3 Å². The Morgan fingerprint density at radius 2 is 1.63 bits per heavy atom. The summed E-state index contributed by atoms with van der Waals surface area (Å²) in [6.45, 7) is 0.295. The molecule has 0 saturated heterocycles. The minimum atomic E-state index is -0.350. The summed E-state index contributed by atoms with van der Waals surface area (Å²) in [6.07, 6.45) is 4.74. The van der Waals surface area contributed by atoms with Crippen molar-refractivity contribution in [2.75, 3.05) is 10.6 Å². The predicted molar refractivity (Wildman–Crippen MR) is 113 cm³/mol. The summed E-state index contributed by atoms with van der Waals surface area (Å²) in [5.41, 5.74) is 2.52. The predicted octanol–water partition coefficient (Wildman–Crippen LogP) is 4.04. The van der Waals surface area contributed by atoms with Crippen LogP contribution in [0.4, 0.5) is 16.2 Å². The number of carbonyl (C=O) groups is 2. The number of hydrogen-bond acceptors (Lipinski definition) is 4. The first-order valence-electron chi connectivity index (χ1n) is 9.26. The first kappa shape index (κ1) is 19.0. The number of aromatic nitrogens is 2. The minimum absolute atomic E-state index is 0.269. The van der Waals surface area contributed by atoms with Gasteiger partial charge in [0.2, 0.25) is 0 Å². The first-order chi connectivity index (χ1) is 14.7. The van der Waals surface area contributed by atoms with Gasteiger partial charge in [-0.2, -0.15) is 5.10 Å². The summed E-state index contributed by atoms with van der Waals surface area (Å²) in [5.74, 6) is 0.396. The van der Waals surface area contributed by atoms with Crippen molar-refractivity contribution in [2.24, 2.45) is 0 Å². The standard InChI is InChI=1S/C22H19N5O3/c28-21(16-13-24-27(15-16)19-5-2-1-3-6-19)25-17-8-10-18(11-9-17)26-22(29)23-14-20-7-4-12-30-20/h1-13,15H,14H2,(H,25,28)(H2,23,26,29). The lowest BCUT2D eigenvalue weighted by Gasteiger charge is -2.08. The van der Waals surface area contributed by atoms with E-state index in [4.69, 9.17) is 4.42 Å². The second kappa shape index (κ2) is 8.78. The monoisotopic (exact) mass is 401 g/mol. The van der Waals surface area contributed by atoms with Gasteiger partial charge in [0.1, 0.15) is 5.76 Å². The Hall–Kier alpha value is -4.33. The van der Waals surface area contributed by atoms with Crippen LogP contribution >= 0.6 is 0 Å². The Morgan fingerprint density at radius 3 is 2.33 bits per heavy atom. The number of nitrogens with zero attached hydrogens (tertiary/aromatic N) is 2. The average molecular weight is 401 g/mol. The highest BCUT2D eigenvalue weighted by atomic mass is 16.3. The van der Waals surface area contributed by atoms with Gasteiger partial charge in [0, 0.05) is 17.6 Å². The zero-order valence-electron chi connectivity index (χ0n) is 15.9. The molecule has 0 aliphatic heterocycles. The molecule has 3 amide bonds. The van der Waals surface area contributed by atoms with Crippen LogP contribution in [0.15, 0.2) is 89.8 Å². The van der Waals surface area contributed by atoms with Gasteiger partial charge in [-0.1, -0.05) is 18.2 Å². The molecule has 4 rings (SSSR count). The van der Waals surface area contributed by atoms with Crippen molar-refractivity contribution in [3.63, 3.8) is 0 Å². The summed E-state index contributed by atoms with van der Waals surface area (Å²) >= 11 is 0. The molecule has 8 heteroatoms. The molecule has 30 heavy (non-hydrogen) atoms. The lowest BCUT2D eigenvalue weighted by molar-refractivity contribution is 0.102. The number of urea groups is 1. The second-order valence-corrected chi connectivity index (χ2v) is 6.43. The molecule has 0 saturated carbocycles. The molecule has 0 atom stereocenters. The molecule has 2 aromatic heterocycles. The van der Waals surface area contributed by atoms with Crippen molar-refractivity contribution in [2.45, 2.75) is 6.54 Å². The molecular formula is C22H19N5O3. The number of furan rings is 1. The average Bonchev–Trinajstić information content (AvgIpc) is 3.47. The molecule has 150 valence electrons. The molecule has 0 spiro atoms. The number of hydrogen-bond donors (Lipinski definition) is 3. The number of carbonyl (C=O) groups excluding carboxylic acids is 2. The molecule has 3 N–H and O–H groups in total. The summed E-state index contributed by atoms with van der Waals surface area (Å²) in [4.78, 5) is 24.4. The molecule has 0 radical (unpaired) electrons. The van der Waals surface area contributed by atoms with E-state index in [9.17, 15) is 9.59 Å². The van der Waals surface area contributed by atoms with Gasteiger partial charge < -0.3 is 20.4 Å². The summed E-state index contributed by atoms with van der Waals surface area (Å²) < 4.78 is 6.80. The number of nitrogens with one attached hydrogen (secondary N) is 3. The Bertz CT molecular complexity index is 1120. The van der Waals surface area contributed by atoms with Gasteiger partial charge in [-0.25, -0.2) is 9.48 Å². The van der Waals surface area contributed by atoms with E-state index in [1.54, 1.807) is 53.5 Å². The second-order valence-electron chi connectivity index (χ2n) is 6.43. The van der Waals surface area contributed by atoms with Crippen molar-refractivity contribution < 1.29 is 14.0 Å². The smallest absolute Gasteiger partial charge is 0.319 e. The number of rotatable bonds is 6. The van der Waals surface area contributed by atoms with Gasteiger partial charge in [0.15, 0.2) is 0 Å². The molecule has 0 bridgehead atoms. The van der Waals surface area contributed by atoms with Crippen molar-refractivity contribution in [3.05, 3.63) is 96.7 Å². The summed E-state index contributed by atoms with van der Waals surface area (Å²) in [7, 11) is 0. The summed E-state index contributed by atoms with van der Waals surface area (Å²) in [6, 6.07) is 19.6. The van der Waals surface area contributed by atoms with Gasteiger partial charge in [-0.3, -0.25) is 4.79 Å². The SMILES string of the molecule is O=C(NCc1ccco1)Nc1ccc(NC(=O)c2cnn(-c3ccccc3)c2)cc1. The van der Waals surface area contributed by atoms with Crippen LogP contribution in [0, 0.1) is 0 Å². The molecule has 2 heterocycles.